The number of aromatic amines is 1. The van der Waals surface area contributed by atoms with Crippen LogP contribution in [0, 0.1) is 0 Å². The van der Waals surface area contributed by atoms with Crippen molar-refractivity contribution in [2.45, 2.75) is 0 Å². The van der Waals surface area contributed by atoms with Gasteiger partial charge in [-0.15, -0.1) is 0 Å². The zero-order chi connectivity index (χ0) is 12.5. The summed E-state index contributed by atoms with van der Waals surface area (Å²) >= 11 is 0. The van der Waals surface area contributed by atoms with Gasteiger partial charge in [0, 0.05) is 10.9 Å². The molecule has 5 heteroatoms. The van der Waals surface area contributed by atoms with E-state index in [9.17, 15) is 4.79 Å². The normalized spacial score (nSPS) is 10.7. The minimum atomic E-state index is -0.565. The molecule has 0 bridgehead atoms. The van der Waals surface area contributed by atoms with Gasteiger partial charge in [-0.1, -0.05) is 29.4 Å². The number of benzene rings is 2. The Morgan fingerprint density at radius 3 is 2.61 bits per heavy atom. The Bertz CT molecular complexity index is 758. The first kappa shape index (κ1) is 10.6. The van der Waals surface area contributed by atoms with Crippen molar-refractivity contribution in [1.29, 1.82) is 0 Å². The number of nitrogens with one attached hydrogen (secondary N) is 1. The molecule has 2 aromatic carbocycles. The van der Waals surface area contributed by atoms with Gasteiger partial charge in [0.1, 0.15) is 5.75 Å². The molecule has 3 aromatic rings. The molecule has 0 aliphatic carbocycles. The van der Waals surface area contributed by atoms with Gasteiger partial charge >= 0.3 is 5.76 Å². The summed E-state index contributed by atoms with van der Waals surface area (Å²) < 4.78 is 9.84. The molecule has 0 saturated heterocycles. The summed E-state index contributed by atoms with van der Waals surface area (Å²) in [6.07, 6.45) is 0. The summed E-state index contributed by atoms with van der Waals surface area (Å²) in [6.45, 7) is 0. The second kappa shape index (κ2) is 4.03. The average Bonchev–Trinajstić information content (AvgIpc) is 2.84. The van der Waals surface area contributed by atoms with E-state index < -0.39 is 5.76 Å². The molecule has 90 valence electrons. The fourth-order valence-electron chi connectivity index (χ4n) is 2.00. The first-order valence-corrected chi connectivity index (χ1v) is 5.41. The van der Waals surface area contributed by atoms with Gasteiger partial charge in [0.2, 0.25) is 0 Å². The van der Waals surface area contributed by atoms with Crippen LogP contribution in [0.15, 0.2) is 45.7 Å². The predicted octanol–water partition coefficient (Wildman–Crippen LogP) is 2.19. The van der Waals surface area contributed by atoms with Gasteiger partial charge < -0.3 is 4.74 Å². The summed E-state index contributed by atoms with van der Waals surface area (Å²) in [6, 6.07) is 11.4. The Morgan fingerprint density at radius 2 is 1.94 bits per heavy atom. The van der Waals surface area contributed by atoms with Crippen molar-refractivity contribution in [2.24, 2.45) is 0 Å². The number of hydrogen-bond donors (Lipinski definition) is 1. The molecule has 0 spiro atoms. The van der Waals surface area contributed by atoms with Crippen LogP contribution in [-0.4, -0.2) is 17.3 Å². The second-order valence-electron chi connectivity index (χ2n) is 3.80. The molecule has 0 atom stereocenters. The molecule has 0 saturated carbocycles. The monoisotopic (exact) mass is 242 g/mol. The first-order chi connectivity index (χ1) is 8.79. The van der Waals surface area contributed by atoms with E-state index >= 15 is 0 Å². The highest BCUT2D eigenvalue weighted by Gasteiger charge is 2.11. The molecule has 1 heterocycles. The summed E-state index contributed by atoms with van der Waals surface area (Å²) in [5.41, 5.74) is 0.803. The van der Waals surface area contributed by atoms with Crippen molar-refractivity contribution in [3.63, 3.8) is 0 Å². The van der Waals surface area contributed by atoms with E-state index in [1.165, 1.54) is 0 Å². The molecular formula is C13H10N2O3. The van der Waals surface area contributed by atoms with E-state index in [-0.39, 0.29) is 0 Å². The summed E-state index contributed by atoms with van der Waals surface area (Å²) in [4.78, 5) is 13.6. The van der Waals surface area contributed by atoms with Crippen LogP contribution < -0.4 is 10.5 Å². The van der Waals surface area contributed by atoms with Crippen molar-refractivity contribution < 1.29 is 9.26 Å². The van der Waals surface area contributed by atoms with Crippen molar-refractivity contribution in [3.8, 4) is 17.1 Å². The lowest BCUT2D eigenvalue weighted by atomic mass is 10.0. The number of H-pyrrole nitrogens is 1. The van der Waals surface area contributed by atoms with Crippen LogP contribution in [-0.2, 0) is 0 Å². The van der Waals surface area contributed by atoms with Crippen molar-refractivity contribution in [3.05, 3.63) is 46.9 Å². The van der Waals surface area contributed by atoms with Crippen molar-refractivity contribution in [1.82, 2.24) is 10.1 Å². The number of aromatic nitrogens is 2. The highest BCUT2D eigenvalue weighted by molar-refractivity contribution is 5.98. The van der Waals surface area contributed by atoms with Crippen LogP contribution in [0.3, 0.4) is 0 Å². The van der Waals surface area contributed by atoms with Crippen LogP contribution >= 0.6 is 0 Å². The molecular weight excluding hydrogens is 232 g/mol. The smallest absolute Gasteiger partial charge is 0.439 e. The minimum absolute atomic E-state index is 0.416. The van der Waals surface area contributed by atoms with Crippen LogP contribution in [0.1, 0.15) is 0 Å². The largest absolute Gasteiger partial charge is 0.496 e. The fraction of sp³-hybridized carbons (Fsp3) is 0.0769. The lowest BCUT2D eigenvalue weighted by molar-refractivity contribution is 0.388. The molecule has 0 fully saturated rings. The van der Waals surface area contributed by atoms with Gasteiger partial charge in [-0.2, -0.15) is 0 Å². The van der Waals surface area contributed by atoms with Gasteiger partial charge in [0.25, 0.3) is 0 Å². The maximum absolute atomic E-state index is 11.0. The Labute approximate surface area is 102 Å². The molecule has 0 radical (unpaired) electrons. The number of ether oxygens (including phenoxy) is 1. The summed E-state index contributed by atoms with van der Waals surface area (Å²) in [7, 11) is 1.62. The summed E-state index contributed by atoms with van der Waals surface area (Å²) in [5.74, 6) is 0.629. The van der Waals surface area contributed by atoms with Crippen molar-refractivity contribution >= 4 is 10.8 Å². The van der Waals surface area contributed by atoms with E-state index in [0.29, 0.717) is 5.82 Å². The highest BCUT2D eigenvalue weighted by atomic mass is 16.5. The standard InChI is InChI=1S/C13H10N2O3/c1-17-11-7-6-10(12-14-13(16)18-15-12)8-4-2-3-5-9(8)11/h2-7H,1H3,(H,14,15,16). The van der Waals surface area contributed by atoms with Crippen molar-refractivity contribution in [2.75, 3.05) is 7.11 Å². The Kier molecular flexibility index (Phi) is 2.37. The van der Waals surface area contributed by atoms with Crippen LogP contribution in [0.4, 0.5) is 0 Å². The topological polar surface area (TPSA) is 68.1 Å². The number of methoxy groups -OCH3 is 1. The van der Waals surface area contributed by atoms with Gasteiger partial charge in [0.05, 0.1) is 7.11 Å². The van der Waals surface area contributed by atoms with E-state index in [0.717, 1.165) is 22.1 Å². The maximum Gasteiger partial charge on any atom is 0.439 e. The molecule has 0 unspecified atom stereocenters. The number of nitrogens with zero attached hydrogens (tertiary/aromatic N) is 1. The second-order valence-corrected chi connectivity index (χ2v) is 3.80. The lowest BCUT2D eigenvalue weighted by Gasteiger charge is -2.07. The maximum atomic E-state index is 11.0. The average molecular weight is 242 g/mol. The van der Waals surface area contributed by atoms with Gasteiger partial charge in [-0.25, -0.2) is 4.79 Å². The molecule has 18 heavy (non-hydrogen) atoms. The third kappa shape index (κ3) is 1.57. The first-order valence-electron chi connectivity index (χ1n) is 5.41. The van der Waals surface area contributed by atoms with Gasteiger partial charge in [-0.3, -0.25) is 9.51 Å². The Hall–Kier alpha value is -2.56. The lowest BCUT2D eigenvalue weighted by Crippen LogP contribution is -1.95. The number of hydrogen-bond acceptors (Lipinski definition) is 4. The van der Waals surface area contributed by atoms with E-state index in [2.05, 4.69) is 14.7 Å². The predicted molar refractivity (Wildman–Crippen MR) is 66.6 cm³/mol. The zero-order valence-electron chi connectivity index (χ0n) is 9.64. The molecule has 0 amide bonds. The Morgan fingerprint density at radius 1 is 1.17 bits per heavy atom. The van der Waals surface area contributed by atoms with Crippen LogP contribution in [0.5, 0.6) is 5.75 Å². The van der Waals surface area contributed by atoms with E-state index in [1.807, 2.05) is 36.4 Å². The quantitative estimate of drug-likeness (QED) is 0.747. The van der Waals surface area contributed by atoms with E-state index in [4.69, 9.17) is 4.74 Å². The third-order valence-corrected chi connectivity index (χ3v) is 2.80. The highest BCUT2D eigenvalue weighted by Crippen LogP contribution is 2.32. The van der Waals surface area contributed by atoms with Gasteiger partial charge in [-0.05, 0) is 17.5 Å². The minimum Gasteiger partial charge on any atom is -0.496 e. The van der Waals surface area contributed by atoms with E-state index in [1.54, 1.807) is 7.11 Å². The molecule has 3 rings (SSSR count). The van der Waals surface area contributed by atoms with Gasteiger partial charge in [0.15, 0.2) is 5.82 Å². The molecule has 1 N–H and O–H groups in total. The zero-order valence-corrected chi connectivity index (χ0v) is 9.64. The summed E-state index contributed by atoms with van der Waals surface area (Å²) in [5, 5.41) is 5.61. The SMILES string of the molecule is COc1ccc(-c2noc(=O)[nH]2)c2ccccc12. The number of fused-ring (bicyclic) bond motifs is 1. The fourth-order valence-corrected chi connectivity index (χ4v) is 2.00. The molecule has 1 aromatic heterocycles. The molecule has 5 nitrogen and oxygen atoms in total. The number of rotatable bonds is 2. The molecule has 0 aliphatic rings. The van der Waals surface area contributed by atoms with Crippen LogP contribution in [0.2, 0.25) is 0 Å². The Balaban J connectivity index is 2.34. The molecule has 0 aliphatic heterocycles. The third-order valence-electron chi connectivity index (χ3n) is 2.80. The van der Waals surface area contributed by atoms with Crippen LogP contribution in [0.25, 0.3) is 22.2 Å².